The minimum Gasteiger partial charge on any atom is -0.861 e. The molecular formula is C15H17F2N6NaO7S2. The molecule has 2 aliphatic heterocycles. The number of halogens is 2. The summed E-state index contributed by atoms with van der Waals surface area (Å²) in [5.41, 5.74) is -2.28. The van der Waals surface area contributed by atoms with Gasteiger partial charge in [0.2, 0.25) is 5.16 Å². The number of carboxylic acids is 1. The van der Waals surface area contributed by atoms with Crippen LogP contribution in [-0.2, 0) is 25.6 Å². The van der Waals surface area contributed by atoms with Crippen LogP contribution in [0.25, 0.3) is 0 Å². The van der Waals surface area contributed by atoms with Crippen molar-refractivity contribution in [2.45, 2.75) is 29.4 Å². The number of ether oxygens (including phenoxy) is 2. The Kier molecular flexibility index (Phi) is 10.0. The number of rotatable bonds is 11. The van der Waals surface area contributed by atoms with Crippen molar-refractivity contribution in [1.29, 1.82) is 0 Å². The number of tetrazole rings is 1. The summed E-state index contributed by atoms with van der Waals surface area (Å²) in [5, 5.41) is 41.9. The number of hydrogen-bond acceptors (Lipinski definition) is 12. The SMILES string of the molecule is CO[C@]1(N=C([O-])CSC(F)F)C(=O)N2C(C(=O)O)=C(CSc3nnnn3CCO)CO[C@@H]21.[Na+]. The Hall–Kier alpha value is -1.34. The van der Waals surface area contributed by atoms with Gasteiger partial charge in [-0.25, -0.2) is 9.48 Å². The summed E-state index contributed by atoms with van der Waals surface area (Å²) < 4.78 is 36.6. The van der Waals surface area contributed by atoms with E-state index in [9.17, 15) is 28.6 Å². The number of aliphatic carboxylic acids is 1. The Labute approximate surface area is 215 Å². The second-order valence-corrected chi connectivity index (χ2v) is 8.19. The number of fused-ring (bicyclic) bond motifs is 1. The van der Waals surface area contributed by atoms with E-state index in [4.69, 9.17) is 14.6 Å². The van der Waals surface area contributed by atoms with Gasteiger partial charge in [0.15, 0.2) is 6.23 Å². The molecule has 0 saturated carbocycles. The zero-order chi connectivity index (χ0) is 23.5. The average Bonchev–Trinajstić information content (AvgIpc) is 3.20. The average molecular weight is 518 g/mol. The molecule has 0 bridgehead atoms. The third-order valence-corrected chi connectivity index (χ3v) is 6.12. The maximum Gasteiger partial charge on any atom is 1.00 e. The number of methoxy groups -OCH3 is 1. The second-order valence-electron chi connectivity index (χ2n) is 6.27. The standard InChI is InChI=1S/C15H18F2N6O7S2.Na/c1-29-15(18-8(25)6-31-13(16)17)11(28)23-9(10(26)27)7(4-30-12(15)23)5-32-14-19-20-21-22(14)2-3-24;/h12-13,24H,2-6H2,1H3,(H,18,25)(H,26,27);/q;+1/p-1/t12-,15-;/m1./s1. The van der Waals surface area contributed by atoms with Crippen LogP contribution in [0.1, 0.15) is 0 Å². The number of nitrogens with zero attached hydrogens (tertiary/aromatic N) is 6. The smallest absolute Gasteiger partial charge is 0.861 e. The number of alkyl halides is 2. The monoisotopic (exact) mass is 518 g/mol. The molecule has 2 N–H and O–H groups in total. The third-order valence-electron chi connectivity index (χ3n) is 4.41. The fourth-order valence-corrected chi connectivity index (χ4v) is 4.29. The first-order chi connectivity index (χ1) is 15.2. The number of β-lactam (4-membered cyclic amide) rings is 1. The molecule has 0 spiro atoms. The van der Waals surface area contributed by atoms with Crippen LogP contribution in [0.2, 0.25) is 0 Å². The molecule has 0 aromatic carbocycles. The Balaban J connectivity index is 0.00000385. The van der Waals surface area contributed by atoms with E-state index >= 15 is 0 Å². The van der Waals surface area contributed by atoms with Gasteiger partial charge in [-0.2, -0.15) is 8.78 Å². The van der Waals surface area contributed by atoms with Crippen molar-refractivity contribution in [2.75, 3.05) is 31.8 Å². The molecule has 3 heterocycles. The first-order valence-corrected chi connectivity index (χ1v) is 10.9. The van der Waals surface area contributed by atoms with Crippen molar-refractivity contribution in [3.8, 4) is 0 Å². The zero-order valence-electron chi connectivity index (χ0n) is 17.4. The van der Waals surface area contributed by atoms with Crippen LogP contribution in [0, 0.1) is 0 Å². The van der Waals surface area contributed by atoms with Gasteiger partial charge in [0.1, 0.15) is 5.70 Å². The van der Waals surface area contributed by atoms with E-state index < -0.39 is 41.2 Å². The molecule has 1 aromatic rings. The van der Waals surface area contributed by atoms with Gasteiger partial charge in [-0.05, 0) is 21.9 Å². The molecule has 2 aliphatic rings. The second kappa shape index (κ2) is 11.9. The van der Waals surface area contributed by atoms with Crippen LogP contribution in [0.3, 0.4) is 0 Å². The summed E-state index contributed by atoms with van der Waals surface area (Å²) in [5.74, 6) is -6.84. The predicted molar refractivity (Wildman–Crippen MR) is 103 cm³/mol. The maximum atomic E-state index is 12.8. The van der Waals surface area contributed by atoms with Crippen molar-refractivity contribution in [3.63, 3.8) is 0 Å². The maximum absolute atomic E-state index is 12.8. The zero-order valence-corrected chi connectivity index (χ0v) is 21.0. The number of aliphatic imine (C=N–C) groups is 1. The minimum atomic E-state index is -2.80. The molecule has 3 rings (SSSR count). The van der Waals surface area contributed by atoms with Crippen LogP contribution >= 0.6 is 23.5 Å². The summed E-state index contributed by atoms with van der Waals surface area (Å²) in [6.45, 7) is -0.295. The Morgan fingerprint density at radius 1 is 1.52 bits per heavy atom. The molecular weight excluding hydrogens is 501 g/mol. The number of hydrogen-bond donors (Lipinski definition) is 2. The molecule has 0 unspecified atom stereocenters. The first kappa shape index (κ1) is 27.9. The molecule has 1 fully saturated rings. The number of carboxylic acid groups (broad SMARTS) is 1. The van der Waals surface area contributed by atoms with Crippen LogP contribution in [0.15, 0.2) is 21.4 Å². The summed E-state index contributed by atoms with van der Waals surface area (Å²) in [6.07, 6.45) is -1.35. The molecule has 2 atom stereocenters. The van der Waals surface area contributed by atoms with Gasteiger partial charge < -0.3 is 24.8 Å². The van der Waals surface area contributed by atoms with E-state index in [1.54, 1.807) is 0 Å². The number of aromatic nitrogens is 4. The van der Waals surface area contributed by atoms with Gasteiger partial charge in [0.05, 0.1) is 19.8 Å². The number of aliphatic hydroxyl groups excluding tert-OH is 1. The topological polar surface area (TPSA) is 175 Å². The number of carbonyl (C=O) groups excluding carboxylic acids is 1. The predicted octanol–water partition coefficient (Wildman–Crippen LogP) is -4.64. The first-order valence-electron chi connectivity index (χ1n) is 8.86. The van der Waals surface area contributed by atoms with Crippen molar-refractivity contribution < 1.29 is 72.7 Å². The molecule has 13 nitrogen and oxygen atoms in total. The normalized spacial score (nSPS) is 22.8. The van der Waals surface area contributed by atoms with E-state index in [-0.39, 0.29) is 78.1 Å². The van der Waals surface area contributed by atoms with E-state index in [2.05, 4.69) is 20.5 Å². The number of amides is 1. The van der Waals surface area contributed by atoms with E-state index in [0.29, 0.717) is 5.16 Å². The van der Waals surface area contributed by atoms with Gasteiger partial charge in [-0.1, -0.05) is 23.5 Å². The fraction of sp³-hybridized carbons (Fsp3) is 0.600. The summed E-state index contributed by atoms with van der Waals surface area (Å²) in [4.78, 5) is 29.1. The van der Waals surface area contributed by atoms with Crippen LogP contribution in [-0.4, -0.2) is 103 Å². The molecule has 0 radical (unpaired) electrons. The molecule has 18 heteroatoms. The van der Waals surface area contributed by atoms with Crippen molar-refractivity contribution in [2.24, 2.45) is 4.99 Å². The number of aliphatic hydroxyl groups is 1. The fourth-order valence-electron chi connectivity index (χ4n) is 3.06. The largest absolute Gasteiger partial charge is 1.00 e. The van der Waals surface area contributed by atoms with E-state index in [0.717, 1.165) is 23.8 Å². The van der Waals surface area contributed by atoms with Crippen molar-refractivity contribution in [1.82, 2.24) is 25.1 Å². The summed E-state index contributed by atoms with van der Waals surface area (Å²) >= 11 is 1.10. The van der Waals surface area contributed by atoms with Crippen molar-refractivity contribution in [3.05, 3.63) is 11.3 Å². The minimum absolute atomic E-state index is 0. The third kappa shape index (κ3) is 5.67. The van der Waals surface area contributed by atoms with Gasteiger partial charge in [-0.15, -0.1) is 5.10 Å². The van der Waals surface area contributed by atoms with Crippen LogP contribution in [0.5, 0.6) is 0 Å². The van der Waals surface area contributed by atoms with Crippen LogP contribution in [0.4, 0.5) is 8.78 Å². The number of thioether (sulfide) groups is 2. The quantitative estimate of drug-likeness (QED) is 0.0944. The summed E-state index contributed by atoms with van der Waals surface area (Å²) in [7, 11) is 1.08. The van der Waals surface area contributed by atoms with Gasteiger partial charge >= 0.3 is 35.5 Å². The molecule has 1 aromatic heterocycles. The van der Waals surface area contributed by atoms with Gasteiger partial charge in [0.25, 0.3) is 17.4 Å². The molecule has 176 valence electrons. The molecule has 1 amide bonds. The molecule has 33 heavy (non-hydrogen) atoms. The van der Waals surface area contributed by atoms with E-state index in [1.807, 2.05) is 0 Å². The Morgan fingerprint density at radius 3 is 2.85 bits per heavy atom. The van der Waals surface area contributed by atoms with E-state index in [1.165, 1.54) is 4.68 Å². The van der Waals surface area contributed by atoms with Gasteiger partial charge in [0, 0.05) is 18.6 Å². The Bertz CT molecular complexity index is 952. The summed E-state index contributed by atoms with van der Waals surface area (Å²) in [6, 6.07) is 0. The van der Waals surface area contributed by atoms with Gasteiger partial charge in [-0.3, -0.25) is 14.7 Å². The van der Waals surface area contributed by atoms with Crippen LogP contribution < -0.4 is 34.7 Å². The Morgan fingerprint density at radius 2 is 2.24 bits per heavy atom. The number of carbonyl (C=O) groups is 2. The molecule has 0 aliphatic carbocycles. The molecule has 1 saturated heterocycles. The van der Waals surface area contributed by atoms with Crippen molar-refractivity contribution >= 4 is 41.3 Å².